The minimum Gasteiger partial charge on any atom is -0.369 e. The number of halogens is 1. The van der Waals surface area contributed by atoms with E-state index in [9.17, 15) is 9.18 Å². The zero-order valence-electron chi connectivity index (χ0n) is 17.2. The van der Waals surface area contributed by atoms with Gasteiger partial charge in [0.15, 0.2) is 0 Å². The molecule has 0 bridgehead atoms. The van der Waals surface area contributed by atoms with Gasteiger partial charge in [0.2, 0.25) is 0 Å². The molecule has 0 saturated heterocycles. The molecule has 7 nitrogen and oxygen atoms in total. The molecule has 0 fully saturated rings. The number of aromatic amines is 1. The molecular formula is C23H22FN5O2. The van der Waals surface area contributed by atoms with Crippen molar-refractivity contribution in [2.75, 3.05) is 16.8 Å². The summed E-state index contributed by atoms with van der Waals surface area (Å²) in [6.45, 7) is 2.53. The SMILES string of the molecule is Cc1cc(CN(C(=O)c2ccccc2F)c2cccc(N(C)Cc3c[nH]cn3)c2)no1. The smallest absolute Gasteiger partial charge is 0.261 e. The second kappa shape index (κ2) is 8.83. The molecule has 158 valence electrons. The lowest BCUT2D eigenvalue weighted by molar-refractivity contribution is 0.0980. The molecule has 2 aromatic carbocycles. The van der Waals surface area contributed by atoms with E-state index in [0.717, 1.165) is 11.4 Å². The first-order valence-electron chi connectivity index (χ1n) is 9.78. The molecule has 0 aliphatic carbocycles. The molecule has 0 spiro atoms. The minimum atomic E-state index is -0.569. The van der Waals surface area contributed by atoms with Gasteiger partial charge in [0.25, 0.3) is 5.91 Å². The third kappa shape index (κ3) is 4.63. The Bertz CT molecular complexity index is 1170. The standard InChI is InChI=1S/C23H22FN5O2/c1-16-10-17(27-31-16)14-29(23(30)21-8-3-4-9-22(21)24)20-7-5-6-19(11-20)28(2)13-18-12-25-15-26-18/h3-12,15H,13-14H2,1-2H3,(H,25,26). The highest BCUT2D eigenvalue weighted by atomic mass is 19.1. The number of hydrogen-bond acceptors (Lipinski definition) is 5. The summed E-state index contributed by atoms with van der Waals surface area (Å²) >= 11 is 0. The highest BCUT2D eigenvalue weighted by Crippen LogP contribution is 2.26. The second-order valence-corrected chi connectivity index (χ2v) is 7.24. The zero-order chi connectivity index (χ0) is 21.8. The third-order valence-corrected chi connectivity index (χ3v) is 4.88. The van der Waals surface area contributed by atoms with Crippen LogP contribution in [0.15, 0.2) is 71.6 Å². The number of anilines is 2. The fourth-order valence-electron chi connectivity index (χ4n) is 3.32. The number of aryl methyl sites for hydroxylation is 1. The first-order chi connectivity index (χ1) is 15.0. The Morgan fingerprint density at radius 2 is 1.87 bits per heavy atom. The predicted octanol–water partition coefficient (Wildman–Crippen LogP) is 4.33. The Morgan fingerprint density at radius 3 is 2.58 bits per heavy atom. The number of amides is 1. The van der Waals surface area contributed by atoms with Gasteiger partial charge in [-0.15, -0.1) is 0 Å². The zero-order valence-corrected chi connectivity index (χ0v) is 17.2. The Kier molecular flexibility index (Phi) is 5.79. The van der Waals surface area contributed by atoms with Crippen LogP contribution >= 0.6 is 0 Å². The number of nitrogens with one attached hydrogen (secondary N) is 1. The highest BCUT2D eigenvalue weighted by Gasteiger charge is 2.23. The third-order valence-electron chi connectivity index (χ3n) is 4.88. The van der Waals surface area contributed by atoms with E-state index in [1.165, 1.54) is 17.0 Å². The first kappa shape index (κ1) is 20.3. The lowest BCUT2D eigenvalue weighted by Gasteiger charge is -2.25. The van der Waals surface area contributed by atoms with Gasteiger partial charge in [-0.25, -0.2) is 9.37 Å². The van der Waals surface area contributed by atoms with Crippen molar-refractivity contribution in [3.63, 3.8) is 0 Å². The molecule has 0 radical (unpaired) electrons. The molecule has 31 heavy (non-hydrogen) atoms. The average molecular weight is 419 g/mol. The van der Waals surface area contributed by atoms with Gasteiger partial charge < -0.3 is 19.3 Å². The van der Waals surface area contributed by atoms with Gasteiger partial charge in [0.1, 0.15) is 17.3 Å². The van der Waals surface area contributed by atoms with Gasteiger partial charge >= 0.3 is 0 Å². The summed E-state index contributed by atoms with van der Waals surface area (Å²) in [5, 5.41) is 4.00. The normalized spacial score (nSPS) is 10.8. The molecule has 1 N–H and O–H groups in total. The average Bonchev–Trinajstić information content (AvgIpc) is 3.43. The van der Waals surface area contributed by atoms with Crippen molar-refractivity contribution in [2.45, 2.75) is 20.0 Å². The number of carbonyl (C=O) groups is 1. The van der Waals surface area contributed by atoms with Crippen LogP contribution in [0.4, 0.5) is 15.8 Å². The van der Waals surface area contributed by atoms with Crippen molar-refractivity contribution in [1.29, 1.82) is 0 Å². The highest BCUT2D eigenvalue weighted by molar-refractivity contribution is 6.06. The maximum atomic E-state index is 14.4. The number of benzene rings is 2. The van der Waals surface area contributed by atoms with Crippen LogP contribution in [0.5, 0.6) is 0 Å². The largest absolute Gasteiger partial charge is 0.369 e. The van der Waals surface area contributed by atoms with E-state index in [2.05, 4.69) is 15.1 Å². The lowest BCUT2D eigenvalue weighted by Crippen LogP contribution is -2.31. The number of rotatable bonds is 7. The maximum absolute atomic E-state index is 14.4. The van der Waals surface area contributed by atoms with Gasteiger partial charge in [0.05, 0.1) is 30.7 Å². The van der Waals surface area contributed by atoms with Crippen LogP contribution in [-0.4, -0.2) is 28.1 Å². The van der Waals surface area contributed by atoms with Crippen LogP contribution in [0.1, 0.15) is 27.5 Å². The van der Waals surface area contributed by atoms with Crippen molar-refractivity contribution >= 4 is 17.3 Å². The minimum absolute atomic E-state index is 0.00185. The Hall–Kier alpha value is -3.94. The van der Waals surface area contributed by atoms with E-state index in [1.54, 1.807) is 31.5 Å². The first-order valence-corrected chi connectivity index (χ1v) is 9.78. The fourth-order valence-corrected chi connectivity index (χ4v) is 3.32. The van der Waals surface area contributed by atoms with E-state index >= 15 is 0 Å². The molecule has 4 rings (SSSR count). The molecule has 2 heterocycles. The summed E-state index contributed by atoms with van der Waals surface area (Å²) in [6.07, 6.45) is 3.47. The molecule has 0 atom stereocenters. The lowest BCUT2D eigenvalue weighted by atomic mass is 10.1. The molecule has 0 unspecified atom stereocenters. The number of nitrogens with zero attached hydrogens (tertiary/aromatic N) is 4. The van der Waals surface area contributed by atoms with Crippen molar-refractivity contribution in [2.24, 2.45) is 0 Å². The summed E-state index contributed by atoms with van der Waals surface area (Å²) < 4.78 is 19.5. The Balaban J connectivity index is 1.67. The summed E-state index contributed by atoms with van der Waals surface area (Å²) in [4.78, 5) is 24.0. The van der Waals surface area contributed by atoms with E-state index in [0.29, 0.717) is 23.7 Å². The second-order valence-electron chi connectivity index (χ2n) is 7.24. The molecule has 0 aliphatic heterocycles. The number of carbonyl (C=O) groups excluding carboxylic acids is 1. The van der Waals surface area contributed by atoms with Crippen LogP contribution in [0.25, 0.3) is 0 Å². The molecule has 0 saturated carbocycles. The molecule has 2 aromatic heterocycles. The molecule has 1 amide bonds. The fraction of sp³-hybridized carbons (Fsp3) is 0.174. The number of H-pyrrole nitrogens is 1. The quantitative estimate of drug-likeness (QED) is 0.482. The molecule has 0 aliphatic rings. The van der Waals surface area contributed by atoms with Crippen molar-refractivity contribution in [1.82, 2.24) is 15.1 Å². The Labute approximate surface area is 179 Å². The Morgan fingerprint density at radius 1 is 1.06 bits per heavy atom. The number of hydrogen-bond donors (Lipinski definition) is 1. The van der Waals surface area contributed by atoms with Gasteiger partial charge in [-0.05, 0) is 37.3 Å². The molecule has 8 heteroatoms. The maximum Gasteiger partial charge on any atom is 0.261 e. The predicted molar refractivity (Wildman–Crippen MR) is 115 cm³/mol. The number of imidazole rings is 1. The van der Waals surface area contributed by atoms with Gasteiger partial charge in [-0.2, -0.15) is 0 Å². The van der Waals surface area contributed by atoms with E-state index in [4.69, 9.17) is 4.52 Å². The van der Waals surface area contributed by atoms with Crippen molar-refractivity contribution < 1.29 is 13.7 Å². The number of aromatic nitrogens is 3. The topological polar surface area (TPSA) is 78.3 Å². The van der Waals surface area contributed by atoms with E-state index < -0.39 is 11.7 Å². The summed E-state index contributed by atoms with van der Waals surface area (Å²) in [5.41, 5.74) is 2.99. The summed E-state index contributed by atoms with van der Waals surface area (Å²) in [6, 6.07) is 15.2. The monoisotopic (exact) mass is 419 g/mol. The summed E-state index contributed by atoms with van der Waals surface area (Å²) in [5.74, 6) is -0.382. The van der Waals surface area contributed by atoms with Gasteiger partial charge in [-0.1, -0.05) is 23.4 Å². The molecule has 4 aromatic rings. The van der Waals surface area contributed by atoms with Crippen LogP contribution in [0, 0.1) is 12.7 Å². The van der Waals surface area contributed by atoms with Crippen LogP contribution < -0.4 is 9.80 Å². The van der Waals surface area contributed by atoms with Crippen molar-refractivity contribution in [3.05, 3.63) is 95.7 Å². The van der Waals surface area contributed by atoms with Crippen molar-refractivity contribution in [3.8, 4) is 0 Å². The molecular weight excluding hydrogens is 397 g/mol. The summed E-state index contributed by atoms with van der Waals surface area (Å²) in [7, 11) is 1.94. The van der Waals surface area contributed by atoms with Crippen LogP contribution in [0.2, 0.25) is 0 Å². The van der Waals surface area contributed by atoms with E-state index in [1.807, 2.05) is 42.4 Å². The van der Waals surface area contributed by atoms with Gasteiger partial charge in [-0.3, -0.25) is 4.79 Å². The van der Waals surface area contributed by atoms with E-state index in [-0.39, 0.29) is 12.1 Å². The van der Waals surface area contributed by atoms with Crippen LogP contribution in [0.3, 0.4) is 0 Å². The van der Waals surface area contributed by atoms with Crippen LogP contribution in [-0.2, 0) is 13.1 Å². The van der Waals surface area contributed by atoms with Gasteiger partial charge in [0, 0.05) is 30.7 Å².